The van der Waals surface area contributed by atoms with Gasteiger partial charge in [0.2, 0.25) is 0 Å². The van der Waals surface area contributed by atoms with Gasteiger partial charge in [0, 0.05) is 23.8 Å². The van der Waals surface area contributed by atoms with E-state index in [0.29, 0.717) is 12.6 Å². The van der Waals surface area contributed by atoms with E-state index in [-0.39, 0.29) is 5.91 Å². The second kappa shape index (κ2) is 6.60. The number of hydrogen-bond acceptors (Lipinski definition) is 2. The molecule has 3 nitrogen and oxygen atoms in total. The fourth-order valence-corrected chi connectivity index (χ4v) is 2.73. The highest BCUT2D eigenvalue weighted by Crippen LogP contribution is 2.26. The van der Waals surface area contributed by atoms with Gasteiger partial charge in [-0.3, -0.25) is 4.79 Å². The van der Waals surface area contributed by atoms with Gasteiger partial charge in [-0.25, -0.2) is 0 Å². The number of carbonyl (C=O) groups is 1. The molecular weight excluding hydrogens is 236 g/mol. The molecule has 0 spiro atoms. The number of amides is 1. The molecule has 1 aliphatic carbocycles. The monoisotopic (exact) mass is 260 g/mol. The Morgan fingerprint density at radius 1 is 1.21 bits per heavy atom. The Morgan fingerprint density at radius 2 is 1.89 bits per heavy atom. The first-order valence-electron chi connectivity index (χ1n) is 7.35. The molecule has 2 N–H and O–H groups in total. The first kappa shape index (κ1) is 13.9. The van der Waals surface area contributed by atoms with Crippen molar-refractivity contribution in [1.29, 1.82) is 0 Å². The molecule has 3 heteroatoms. The molecule has 2 rings (SSSR count). The van der Waals surface area contributed by atoms with Gasteiger partial charge in [-0.1, -0.05) is 19.8 Å². The van der Waals surface area contributed by atoms with Gasteiger partial charge in [-0.05, 0) is 49.9 Å². The SMILES string of the molecule is CCNC(=O)c1ccc(NC2CCCCC2C)cc1. The number of carbonyl (C=O) groups excluding carboxylic acids is 1. The molecule has 104 valence electrons. The van der Waals surface area contributed by atoms with Crippen molar-refractivity contribution in [2.45, 2.75) is 45.6 Å². The van der Waals surface area contributed by atoms with Crippen LogP contribution >= 0.6 is 0 Å². The molecule has 19 heavy (non-hydrogen) atoms. The molecule has 0 aromatic heterocycles. The molecule has 0 aliphatic heterocycles. The maximum atomic E-state index is 11.7. The fourth-order valence-electron chi connectivity index (χ4n) is 2.73. The summed E-state index contributed by atoms with van der Waals surface area (Å²) in [6, 6.07) is 8.36. The third kappa shape index (κ3) is 3.72. The molecule has 0 bridgehead atoms. The lowest BCUT2D eigenvalue weighted by Gasteiger charge is -2.30. The maximum Gasteiger partial charge on any atom is 0.251 e. The third-order valence-electron chi connectivity index (χ3n) is 3.95. The molecular formula is C16H24N2O. The zero-order valence-corrected chi connectivity index (χ0v) is 11.9. The van der Waals surface area contributed by atoms with E-state index in [9.17, 15) is 4.79 Å². The van der Waals surface area contributed by atoms with E-state index in [2.05, 4.69) is 17.6 Å². The lowest BCUT2D eigenvalue weighted by atomic mass is 9.86. The summed E-state index contributed by atoms with van der Waals surface area (Å²) in [6.45, 7) is 4.91. The summed E-state index contributed by atoms with van der Waals surface area (Å²) >= 11 is 0. The second-order valence-electron chi connectivity index (χ2n) is 5.45. The van der Waals surface area contributed by atoms with Gasteiger partial charge in [-0.2, -0.15) is 0 Å². The van der Waals surface area contributed by atoms with Gasteiger partial charge < -0.3 is 10.6 Å². The Morgan fingerprint density at radius 3 is 2.53 bits per heavy atom. The predicted molar refractivity (Wildman–Crippen MR) is 79.5 cm³/mol. The van der Waals surface area contributed by atoms with Crippen molar-refractivity contribution >= 4 is 11.6 Å². The molecule has 0 radical (unpaired) electrons. The van der Waals surface area contributed by atoms with E-state index >= 15 is 0 Å². The van der Waals surface area contributed by atoms with Crippen LogP contribution in [0.3, 0.4) is 0 Å². The molecule has 1 aliphatic rings. The molecule has 0 saturated heterocycles. The van der Waals surface area contributed by atoms with E-state index in [1.165, 1.54) is 25.7 Å². The smallest absolute Gasteiger partial charge is 0.251 e. The van der Waals surface area contributed by atoms with Crippen molar-refractivity contribution in [1.82, 2.24) is 5.32 Å². The molecule has 1 amide bonds. The van der Waals surface area contributed by atoms with Crippen molar-refractivity contribution < 1.29 is 4.79 Å². The van der Waals surface area contributed by atoms with Gasteiger partial charge in [0.05, 0.1) is 0 Å². The normalized spacial score (nSPS) is 22.8. The van der Waals surface area contributed by atoms with Crippen molar-refractivity contribution in [3.8, 4) is 0 Å². The van der Waals surface area contributed by atoms with E-state index in [0.717, 1.165) is 17.2 Å². The van der Waals surface area contributed by atoms with Crippen LogP contribution in [0.2, 0.25) is 0 Å². The highest BCUT2D eigenvalue weighted by atomic mass is 16.1. The summed E-state index contributed by atoms with van der Waals surface area (Å²) in [4.78, 5) is 11.7. The van der Waals surface area contributed by atoms with Crippen LogP contribution in [0.4, 0.5) is 5.69 Å². The Labute approximate surface area is 115 Å². The quantitative estimate of drug-likeness (QED) is 0.871. The van der Waals surface area contributed by atoms with Crippen LogP contribution in [0.5, 0.6) is 0 Å². The highest BCUT2D eigenvalue weighted by molar-refractivity contribution is 5.94. The summed E-state index contributed by atoms with van der Waals surface area (Å²) in [7, 11) is 0. The second-order valence-corrected chi connectivity index (χ2v) is 5.45. The summed E-state index contributed by atoms with van der Waals surface area (Å²) in [6.07, 6.45) is 5.24. The van der Waals surface area contributed by atoms with E-state index in [4.69, 9.17) is 0 Å². The largest absolute Gasteiger partial charge is 0.382 e. The Bertz CT molecular complexity index is 413. The van der Waals surface area contributed by atoms with Gasteiger partial charge in [0.25, 0.3) is 5.91 Å². The molecule has 0 heterocycles. The minimum Gasteiger partial charge on any atom is -0.382 e. The Hall–Kier alpha value is -1.51. The standard InChI is InChI=1S/C16H24N2O/c1-3-17-16(19)13-8-10-14(11-9-13)18-15-7-5-4-6-12(15)2/h8-12,15,18H,3-7H2,1-2H3,(H,17,19). The van der Waals surface area contributed by atoms with Crippen LogP contribution in [-0.2, 0) is 0 Å². The average Bonchev–Trinajstić information content (AvgIpc) is 2.42. The van der Waals surface area contributed by atoms with Crippen molar-refractivity contribution in [2.75, 3.05) is 11.9 Å². The summed E-state index contributed by atoms with van der Waals surface area (Å²) < 4.78 is 0. The van der Waals surface area contributed by atoms with Crippen LogP contribution in [0, 0.1) is 5.92 Å². The van der Waals surface area contributed by atoms with Gasteiger partial charge in [-0.15, -0.1) is 0 Å². The minimum atomic E-state index is 0.0000782. The van der Waals surface area contributed by atoms with Gasteiger partial charge in [0.1, 0.15) is 0 Å². The minimum absolute atomic E-state index is 0.0000782. The van der Waals surface area contributed by atoms with Crippen molar-refractivity contribution in [3.63, 3.8) is 0 Å². The number of benzene rings is 1. The fraction of sp³-hybridized carbons (Fsp3) is 0.562. The predicted octanol–water partition coefficient (Wildman–Crippen LogP) is 3.43. The number of hydrogen-bond donors (Lipinski definition) is 2. The Balaban J connectivity index is 1.96. The van der Waals surface area contributed by atoms with Crippen LogP contribution < -0.4 is 10.6 Å². The molecule has 1 saturated carbocycles. The van der Waals surface area contributed by atoms with Crippen molar-refractivity contribution in [2.24, 2.45) is 5.92 Å². The molecule has 1 fully saturated rings. The number of anilines is 1. The maximum absolute atomic E-state index is 11.7. The van der Waals surface area contributed by atoms with Gasteiger partial charge >= 0.3 is 0 Å². The summed E-state index contributed by atoms with van der Waals surface area (Å²) in [5, 5.41) is 6.41. The van der Waals surface area contributed by atoms with E-state index in [1.54, 1.807) is 0 Å². The van der Waals surface area contributed by atoms with Crippen LogP contribution in [0.1, 0.15) is 49.9 Å². The van der Waals surface area contributed by atoms with Crippen LogP contribution in [0.15, 0.2) is 24.3 Å². The van der Waals surface area contributed by atoms with Crippen LogP contribution in [-0.4, -0.2) is 18.5 Å². The summed E-state index contributed by atoms with van der Waals surface area (Å²) in [5.41, 5.74) is 1.84. The number of nitrogens with one attached hydrogen (secondary N) is 2. The average molecular weight is 260 g/mol. The van der Waals surface area contributed by atoms with Crippen molar-refractivity contribution in [3.05, 3.63) is 29.8 Å². The lowest BCUT2D eigenvalue weighted by molar-refractivity contribution is 0.0956. The highest BCUT2D eigenvalue weighted by Gasteiger charge is 2.20. The third-order valence-corrected chi connectivity index (χ3v) is 3.95. The zero-order valence-electron chi connectivity index (χ0n) is 11.9. The first-order valence-corrected chi connectivity index (χ1v) is 7.35. The van der Waals surface area contributed by atoms with E-state index in [1.807, 2.05) is 31.2 Å². The van der Waals surface area contributed by atoms with Gasteiger partial charge in [0.15, 0.2) is 0 Å². The first-order chi connectivity index (χ1) is 9.20. The Kier molecular flexibility index (Phi) is 4.83. The molecule has 1 aromatic rings. The molecule has 1 aromatic carbocycles. The topological polar surface area (TPSA) is 41.1 Å². The molecule has 2 unspecified atom stereocenters. The molecule has 2 atom stereocenters. The zero-order chi connectivity index (χ0) is 13.7. The van der Waals surface area contributed by atoms with Crippen LogP contribution in [0.25, 0.3) is 0 Å². The van der Waals surface area contributed by atoms with E-state index < -0.39 is 0 Å². The number of rotatable bonds is 4. The summed E-state index contributed by atoms with van der Waals surface area (Å²) in [5.74, 6) is 0.733. The lowest BCUT2D eigenvalue weighted by Crippen LogP contribution is -2.30.